The molecule has 0 unspecified atom stereocenters. The van der Waals surface area contributed by atoms with E-state index < -0.39 is 6.43 Å². The van der Waals surface area contributed by atoms with Gasteiger partial charge in [0.2, 0.25) is 0 Å². The molecule has 0 radical (unpaired) electrons. The van der Waals surface area contributed by atoms with Gasteiger partial charge in [0, 0.05) is 11.8 Å². The first-order valence-electron chi connectivity index (χ1n) is 3.67. The zero-order valence-corrected chi connectivity index (χ0v) is 8.74. The molecule has 0 spiro atoms. The fourth-order valence-electron chi connectivity index (χ4n) is 1.04. The van der Waals surface area contributed by atoms with Crippen molar-refractivity contribution in [1.29, 1.82) is 0 Å². The summed E-state index contributed by atoms with van der Waals surface area (Å²) < 4.78 is 29.7. The lowest BCUT2D eigenvalue weighted by molar-refractivity contribution is 0.146. The van der Waals surface area contributed by atoms with Gasteiger partial charge in [0.05, 0.1) is 18.6 Å². The maximum atomic E-state index is 12.5. The number of methoxy groups -OCH3 is 1. The van der Waals surface area contributed by atoms with Crippen LogP contribution in [0.2, 0.25) is 5.15 Å². The first-order chi connectivity index (χ1) is 6.61. The van der Waals surface area contributed by atoms with Gasteiger partial charge in [-0.1, -0.05) is 11.6 Å². The molecule has 1 aromatic rings. The topological polar surface area (TPSA) is 22.1 Å². The third kappa shape index (κ3) is 2.07. The second-order valence-corrected chi connectivity index (χ2v) is 3.08. The Hall–Kier alpha value is -0.610. The lowest BCUT2D eigenvalue weighted by atomic mass is 10.2. The average molecular weight is 242 g/mol. The monoisotopic (exact) mass is 241 g/mol. The zero-order chi connectivity index (χ0) is 10.7. The molecule has 78 valence electrons. The Bertz CT molecular complexity index is 333. The van der Waals surface area contributed by atoms with Crippen molar-refractivity contribution < 1.29 is 13.5 Å². The van der Waals surface area contributed by atoms with Crippen LogP contribution in [0.4, 0.5) is 8.78 Å². The van der Waals surface area contributed by atoms with Crippen LogP contribution in [-0.2, 0) is 5.88 Å². The number of rotatable bonds is 3. The van der Waals surface area contributed by atoms with E-state index in [-0.39, 0.29) is 27.9 Å². The number of nitrogens with zero attached hydrogens (tertiary/aromatic N) is 1. The standard InChI is InChI=1S/C8H7Cl2F2NO/c1-14-6-4(2-9)7(10)13-3-5(6)8(11)12/h3,8H,2H2,1H3. The van der Waals surface area contributed by atoms with Gasteiger partial charge in [-0.05, 0) is 0 Å². The summed E-state index contributed by atoms with van der Waals surface area (Å²) in [7, 11) is 1.29. The Kier molecular flexibility index (Phi) is 3.89. The molecule has 0 atom stereocenters. The van der Waals surface area contributed by atoms with Crippen LogP contribution < -0.4 is 4.74 Å². The van der Waals surface area contributed by atoms with Crippen molar-refractivity contribution in [2.45, 2.75) is 12.3 Å². The first kappa shape index (κ1) is 11.5. The average Bonchev–Trinajstić information content (AvgIpc) is 2.16. The van der Waals surface area contributed by atoms with E-state index in [4.69, 9.17) is 27.9 Å². The Morgan fingerprint density at radius 2 is 2.21 bits per heavy atom. The summed E-state index contributed by atoms with van der Waals surface area (Å²) in [5.74, 6) is -0.00903. The highest BCUT2D eigenvalue weighted by molar-refractivity contribution is 6.31. The van der Waals surface area contributed by atoms with Crippen molar-refractivity contribution in [1.82, 2.24) is 4.98 Å². The van der Waals surface area contributed by atoms with Gasteiger partial charge >= 0.3 is 0 Å². The van der Waals surface area contributed by atoms with Gasteiger partial charge in [0.25, 0.3) is 6.43 Å². The SMILES string of the molecule is COc1c(C(F)F)cnc(Cl)c1CCl. The van der Waals surface area contributed by atoms with Crippen molar-refractivity contribution >= 4 is 23.2 Å². The van der Waals surface area contributed by atoms with E-state index in [1.807, 2.05) is 0 Å². The van der Waals surface area contributed by atoms with Gasteiger partial charge in [-0.15, -0.1) is 11.6 Å². The van der Waals surface area contributed by atoms with Crippen LogP contribution in [-0.4, -0.2) is 12.1 Å². The number of hydrogen-bond donors (Lipinski definition) is 0. The van der Waals surface area contributed by atoms with Crippen LogP contribution in [0.25, 0.3) is 0 Å². The zero-order valence-electron chi connectivity index (χ0n) is 7.23. The summed E-state index contributed by atoms with van der Waals surface area (Å²) in [5, 5.41) is 0.0845. The van der Waals surface area contributed by atoms with Gasteiger partial charge in [-0.3, -0.25) is 0 Å². The van der Waals surface area contributed by atoms with E-state index in [2.05, 4.69) is 4.98 Å². The molecule has 0 saturated carbocycles. The molecule has 6 heteroatoms. The fraction of sp³-hybridized carbons (Fsp3) is 0.375. The molecule has 0 bridgehead atoms. The van der Waals surface area contributed by atoms with Crippen LogP contribution in [0.1, 0.15) is 17.6 Å². The van der Waals surface area contributed by atoms with Crippen LogP contribution in [0, 0.1) is 0 Å². The maximum absolute atomic E-state index is 12.5. The smallest absolute Gasteiger partial charge is 0.268 e. The lowest BCUT2D eigenvalue weighted by Gasteiger charge is -2.11. The minimum Gasteiger partial charge on any atom is -0.496 e. The van der Waals surface area contributed by atoms with Gasteiger partial charge in [-0.25, -0.2) is 13.8 Å². The molecule has 1 heterocycles. The van der Waals surface area contributed by atoms with E-state index in [0.29, 0.717) is 0 Å². The normalized spacial score (nSPS) is 10.7. The van der Waals surface area contributed by atoms with Gasteiger partial charge in [0.1, 0.15) is 10.9 Å². The molecule has 2 nitrogen and oxygen atoms in total. The molecular formula is C8H7Cl2F2NO. The molecule has 0 aliphatic rings. The van der Waals surface area contributed by atoms with Crippen molar-refractivity contribution in [3.05, 3.63) is 22.5 Å². The maximum Gasteiger partial charge on any atom is 0.268 e. The predicted octanol–water partition coefficient (Wildman–Crippen LogP) is 3.42. The number of pyridine rings is 1. The van der Waals surface area contributed by atoms with Gasteiger partial charge < -0.3 is 4.74 Å². The molecule has 0 aliphatic carbocycles. The summed E-state index contributed by atoms with van der Waals surface area (Å²) >= 11 is 11.2. The van der Waals surface area contributed by atoms with E-state index in [1.54, 1.807) is 0 Å². The van der Waals surface area contributed by atoms with Crippen LogP contribution in [0.15, 0.2) is 6.20 Å². The number of alkyl halides is 3. The summed E-state index contributed by atoms with van der Waals surface area (Å²) in [6.07, 6.45) is -1.67. The predicted molar refractivity (Wildman–Crippen MR) is 50.3 cm³/mol. The summed E-state index contributed by atoms with van der Waals surface area (Å²) in [5.41, 5.74) is -0.0128. The van der Waals surface area contributed by atoms with Crippen LogP contribution in [0.5, 0.6) is 5.75 Å². The van der Waals surface area contributed by atoms with E-state index in [1.165, 1.54) is 7.11 Å². The molecule has 0 N–H and O–H groups in total. The molecule has 1 rings (SSSR count). The van der Waals surface area contributed by atoms with E-state index in [0.717, 1.165) is 6.20 Å². The van der Waals surface area contributed by atoms with E-state index in [9.17, 15) is 8.78 Å². The molecule has 0 fully saturated rings. The van der Waals surface area contributed by atoms with Crippen molar-refractivity contribution in [3.63, 3.8) is 0 Å². The number of halogens is 4. The van der Waals surface area contributed by atoms with Crippen molar-refractivity contribution in [2.75, 3.05) is 7.11 Å². The quantitative estimate of drug-likeness (QED) is 0.598. The van der Waals surface area contributed by atoms with Gasteiger partial charge in [-0.2, -0.15) is 0 Å². The second-order valence-electron chi connectivity index (χ2n) is 2.45. The number of ether oxygens (including phenoxy) is 1. The lowest BCUT2D eigenvalue weighted by Crippen LogP contribution is -1.99. The largest absolute Gasteiger partial charge is 0.496 e. The van der Waals surface area contributed by atoms with Crippen molar-refractivity contribution in [3.8, 4) is 5.75 Å². The Morgan fingerprint density at radius 3 is 2.64 bits per heavy atom. The minimum absolute atomic E-state index is 0.00926. The molecule has 0 aromatic carbocycles. The van der Waals surface area contributed by atoms with Crippen molar-refractivity contribution in [2.24, 2.45) is 0 Å². The van der Waals surface area contributed by atoms with Crippen LogP contribution in [0.3, 0.4) is 0 Å². The Morgan fingerprint density at radius 1 is 1.57 bits per heavy atom. The molecule has 0 saturated heterocycles. The fourth-order valence-corrected chi connectivity index (χ4v) is 1.56. The highest BCUT2D eigenvalue weighted by Gasteiger charge is 2.19. The van der Waals surface area contributed by atoms with E-state index >= 15 is 0 Å². The molecule has 0 aliphatic heterocycles. The highest BCUT2D eigenvalue weighted by Crippen LogP contribution is 2.35. The number of hydrogen-bond acceptors (Lipinski definition) is 2. The third-order valence-corrected chi connectivity index (χ3v) is 2.27. The summed E-state index contributed by atoms with van der Waals surface area (Å²) in [6, 6.07) is 0. The second kappa shape index (κ2) is 4.75. The third-order valence-electron chi connectivity index (χ3n) is 1.68. The first-order valence-corrected chi connectivity index (χ1v) is 4.58. The summed E-state index contributed by atoms with van der Waals surface area (Å²) in [6.45, 7) is 0. The molecule has 0 amide bonds. The Labute approximate surface area is 89.8 Å². The molecule has 14 heavy (non-hydrogen) atoms. The number of aromatic nitrogens is 1. The van der Waals surface area contributed by atoms with Crippen LogP contribution >= 0.6 is 23.2 Å². The minimum atomic E-state index is -2.66. The molecular weight excluding hydrogens is 235 g/mol. The highest BCUT2D eigenvalue weighted by atomic mass is 35.5. The van der Waals surface area contributed by atoms with Gasteiger partial charge in [0.15, 0.2) is 0 Å². The molecule has 1 aromatic heterocycles. The Balaban J connectivity index is 3.33. The summed E-state index contributed by atoms with van der Waals surface area (Å²) in [4.78, 5) is 3.60.